The smallest absolute Gasteiger partial charge is 0.272 e. The molecular weight excluding hydrogens is 448 g/mol. The highest BCUT2D eigenvalue weighted by Crippen LogP contribution is 2.30. The lowest BCUT2D eigenvalue weighted by Gasteiger charge is -2.14. The molecule has 0 saturated carbocycles. The number of anilines is 1. The highest BCUT2D eigenvalue weighted by molar-refractivity contribution is 6.14. The number of rotatable bonds is 6. The second kappa shape index (κ2) is 10.2. The summed E-state index contributed by atoms with van der Waals surface area (Å²) < 4.78 is 5.20. The molecule has 5 aromatic carbocycles. The first-order chi connectivity index (χ1) is 17.6. The number of amides is 2. The molecule has 0 aliphatic carbocycles. The van der Waals surface area contributed by atoms with E-state index in [4.69, 9.17) is 4.74 Å². The van der Waals surface area contributed by atoms with Crippen molar-refractivity contribution in [3.05, 3.63) is 126 Å². The average Bonchev–Trinajstić information content (AvgIpc) is 2.93. The number of nitrogens with one attached hydrogen (secondary N) is 2. The molecule has 2 N–H and O–H groups in total. The van der Waals surface area contributed by atoms with Gasteiger partial charge in [0.05, 0.1) is 7.11 Å². The fourth-order valence-electron chi connectivity index (χ4n) is 4.16. The van der Waals surface area contributed by atoms with Gasteiger partial charge < -0.3 is 15.4 Å². The standard InChI is InChI=1S/C31H24N2O3/c1-36-25-17-15-24(16-18-25)32-31(35)29(33-30(34)21-9-3-2-4-10-21)20-28-26-13-7-5-11-22(26)19-23-12-6-8-14-27(23)28/h2-20H,1H3,(H,32,35)(H,33,34). The average molecular weight is 473 g/mol. The van der Waals surface area contributed by atoms with E-state index in [-0.39, 0.29) is 11.6 Å². The van der Waals surface area contributed by atoms with Crippen LogP contribution in [0.5, 0.6) is 5.75 Å². The van der Waals surface area contributed by atoms with Crippen molar-refractivity contribution >= 4 is 45.1 Å². The van der Waals surface area contributed by atoms with E-state index in [9.17, 15) is 9.59 Å². The topological polar surface area (TPSA) is 67.4 Å². The number of methoxy groups -OCH3 is 1. The molecule has 0 aliphatic rings. The van der Waals surface area contributed by atoms with Crippen LogP contribution < -0.4 is 15.4 Å². The van der Waals surface area contributed by atoms with E-state index in [1.807, 2.05) is 54.6 Å². The normalized spacial score (nSPS) is 11.3. The van der Waals surface area contributed by atoms with Crippen molar-refractivity contribution in [2.75, 3.05) is 12.4 Å². The van der Waals surface area contributed by atoms with Crippen LogP contribution in [0.1, 0.15) is 15.9 Å². The minimum Gasteiger partial charge on any atom is -0.497 e. The van der Waals surface area contributed by atoms with Gasteiger partial charge in [-0.2, -0.15) is 0 Å². The van der Waals surface area contributed by atoms with Gasteiger partial charge in [-0.25, -0.2) is 0 Å². The molecule has 0 saturated heterocycles. The summed E-state index contributed by atoms with van der Waals surface area (Å²) in [6.07, 6.45) is 1.75. The molecule has 0 atom stereocenters. The third-order valence-electron chi connectivity index (χ3n) is 5.98. The lowest BCUT2D eigenvalue weighted by Crippen LogP contribution is -2.30. The molecule has 176 valence electrons. The minimum atomic E-state index is -0.429. The lowest BCUT2D eigenvalue weighted by atomic mass is 9.96. The first kappa shape index (κ1) is 22.9. The van der Waals surface area contributed by atoms with E-state index in [1.54, 1.807) is 61.7 Å². The first-order valence-corrected chi connectivity index (χ1v) is 11.6. The molecule has 0 unspecified atom stereocenters. The molecule has 0 heterocycles. The number of carbonyl (C=O) groups is 2. The van der Waals surface area contributed by atoms with Gasteiger partial charge in [0.15, 0.2) is 0 Å². The van der Waals surface area contributed by atoms with E-state index >= 15 is 0 Å². The molecule has 2 amide bonds. The fourth-order valence-corrected chi connectivity index (χ4v) is 4.16. The molecule has 5 nitrogen and oxygen atoms in total. The number of fused-ring (bicyclic) bond motifs is 2. The van der Waals surface area contributed by atoms with Crippen molar-refractivity contribution in [3.8, 4) is 5.75 Å². The van der Waals surface area contributed by atoms with Gasteiger partial charge in [-0.1, -0.05) is 66.7 Å². The van der Waals surface area contributed by atoms with E-state index in [1.165, 1.54) is 0 Å². The zero-order valence-electron chi connectivity index (χ0n) is 19.7. The summed E-state index contributed by atoms with van der Waals surface area (Å²) >= 11 is 0. The van der Waals surface area contributed by atoms with Crippen LogP contribution in [0.2, 0.25) is 0 Å². The molecule has 36 heavy (non-hydrogen) atoms. The Morgan fingerprint density at radius 3 is 1.92 bits per heavy atom. The number of hydrogen-bond donors (Lipinski definition) is 2. The van der Waals surface area contributed by atoms with Gasteiger partial charge in [0.25, 0.3) is 11.8 Å². The Morgan fingerprint density at radius 2 is 1.31 bits per heavy atom. The number of ether oxygens (including phenoxy) is 1. The Morgan fingerprint density at radius 1 is 0.722 bits per heavy atom. The Balaban J connectivity index is 1.61. The predicted molar refractivity (Wildman–Crippen MR) is 145 cm³/mol. The Bertz CT molecular complexity index is 1540. The zero-order chi connectivity index (χ0) is 24.9. The summed E-state index contributed by atoms with van der Waals surface area (Å²) in [6, 6.07) is 34.0. The lowest BCUT2D eigenvalue weighted by molar-refractivity contribution is -0.113. The highest BCUT2D eigenvalue weighted by atomic mass is 16.5. The first-order valence-electron chi connectivity index (χ1n) is 11.6. The van der Waals surface area contributed by atoms with Gasteiger partial charge in [-0.05, 0) is 75.6 Å². The monoisotopic (exact) mass is 472 g/mol. The summed E-state index contributed by atoms with van der Waals surface area (Å²) in [5.41, 5.74) is 2.05. The molecule has 0 fully saturated rings. The van der Waals surface area contributed by atoms with Gasteiger partial charge in [0, 0.05) is 11.3 Å². The fraction of sp³-hybridized carbons (Fsp3) is 0.0323. The van der Waals surface area contributed by atoms with Gasteiger partial charge >= 0.3 is 0 Å². The van der Waals surface area contributed by atoms with Crippen LogP contribution in [0.15, 0.2) is 115 Å². The molecule has 0 radical (unpaired) electrons. The molecule has 0 bridgehead atoms. The van der Waals surface area contributed by atoms with Gasteiger partial charge in [0.2, 0.25) is 0 Å². The maximum atomic E-state index is 13.5. The largest absolute Gasteiger partial charge is 0.497 e. The second-order valence-corrected chi connectivity index (χ2v) is 8.29. The molecule has 5 aromatic rings. The predicted octanol–water partition coefficient (Wildman–Crippen LogP) is 6.41. The number of benzene rings is 5. The van der Waals surface area contributed by atoms with Gasteiger partial charge in [-0.15, -0.1) is 0 Å². The molecule has 0 aromatic heterocycles. The van der Waals surface area contributed by atoms with Crippen molar-refractivity contribution in [1.29, 1.82) is 0 Å². The summed E-state index contributed by atoms with van der Waals surface area (Å²) in [5, 5.41) is 9.80. The maximum Gasteiger partial charge on any atom is 0.272 e. The Hall–Kier alpha value is -4.90. The molecule has 0 aliphatic heterocycles. The summed E-state index contributed by atoms with van der Waals surface area (Å²) in [4.78, 5) is 26.5. The van der Waals surface area contributed by atoms with Crippen molar-refractivity contribution in [2.45, 2.75) is 0 Å². The summed E-state index contributed by atoms with van der Waals surface area (Å²) in [6.45, 7) is 0. The second-order valence-electron chi connectivity index (χ2n) is 8.29. The van der Waals surface area contributed by atoms with Crippen molar-refractivity contribution in [3.63, 3.8) is 0 Å². The van der Waals surface area contributed by atoms with Crippen LogP contribution in [0.25, 0.3) is 27.6 Å². The van der Waals surface area contributed by atoms with Gasteiger partial charge in [-0.3, -0.25) is 9.59 Å². The number of carbonyl (C=O) groups excluding carboxylic acids is 2. The van der Waals surface area contributed by atoms with Gasteiger partial charge in [0.1, 0.15) is 11.4 Å². The summed E-state index contributed by atoms with van der Waals surface area (Å²) in [7, 11) is 1.59. The van der Waals surface area contributed by atoms with Crippen molar-refractivity contribution < 1.29 is 14.3 Å². The van der Waals surface area contributed by atoms with E-state index < -0.39 is 5.91 Å². The Labute approximate surface area is 209 Å². The molecular formula is C31H24N2O3. The van der Waals surface area contributed by atoms with Crippen LogP contribution in [0.3, 0.4) is 0 Å². The quantitative estimate of drug-likeness (QED) is 0.222. The van der Waals surface area contributed by atoms with Crippen molar-refractivity contribution in [1.82, 2.24) is 5.32 Å². The molecule has 0 spiro atoms. The third kappa shape index (κ3) is 4.81. The summed E-state index contributed by atoms with van der Waals surface area (Å²) in [5.74, 6) is -0.110. The van der Waals surface area contributed by atoms with E-state index in [2.05, 4.69) is 16.7 Å². The molecule has 5 rings (SSSR count). The molecule has 5 heteroatoms. The zero-order valence-corrected chi connectivity index (χ0v) is 19.7. The van der Waals surface area contributed by atoms with Crippen LogP contribution >= 0.6 is 0 Å². The van der Waals surface area contributed by atoms with E-state index in [0.29, 0.717) is 17.0 Å². The minimum absolute atomic E-state index is 0.140. The van der Waals surface area contributed by atoms with E-state index in [0.717, 1.165) is 27.1 Å². The highest BCUT2D eigenvalue weighted by Gasteiger charge is 2.17. The van der Waals surface area contributed by atoms with Crippen molar-refractivity contribution in [2.24, 2.45) is 0 Å². The Kier molecular flexibility index (Phi) is 6.45. The van der Waals surface area contributed by atoms with Crippen LogP contribution in [-0.2, 0) is 4.79 Å². The van der Waals surface area contributed by atoms with Crippen LogP contribution in [0, 0.1) is 0 Å². The maximum absolute atomic E-state index is 13.5. The van der Waals surface area contributed by atoms with Crippen LogP contribution in [0.4, 0.5) is 5.69 Å². The van der Waals surface area contributed by atoms with Crippen LogP contribution in [-0.4, -0.2) is 18.9 Å². The number of hydrogen-bond acceptors (Lipinski definition) is 3. The third-order valence-corrected chi connectivity index (χ3v) is 5.98. The SMILES string of the molecule is COc1ccc(NC(=O)C(=Cc2c3ccccc3cc3ccccc23)NC(=O)c2ccccc2)cc1.